The Morgan fingerprint density at radius 2 is 1.77 bits per heavy atom. The lowest BCUT2D eigenvalue weighted by atomic mass is 9.77. The van der Waals surface area contributed by atoms with Gasteiger partial charge in [0.1, 0.15) is 0 Å². The Labute approximate surface area is 180 Å². The molecule has 156 valence electrons. The molecule has 6 nitrogen and oxygen atoms in total. The van der Waals surface area contributed by atoms with Gasteiger partial charge in [0.05, 0.1) is 35.0 Å². The molecule has 31 heavy (non-hydrogen) atoms. The van der Waals surface area contributed by atoms with Gasteiger partial charge in [0.2, 0.25) is 0 Å². The van der Waals surface area contributed by atoms with Gasteiger partial charge in [0, 0.05) is 30.2 Å². The van der Waals surface area contributed by atoms with Crippen LogP contribution in [-0.2, 0) is 0 Å². The number of aliphatic hydroxyl groups excluding tert-OH is 1. The number of para-hydroxylation sites is 2. The molecule has 6 heteroatoms. The summed E-state index contributed by atoms with van der Waals surface area (Å²) in [5.74, 6) is 0.798. The van der Waals surface area contributed by atoms with Gasteiger partial charge in [-0.25, -0.2) is 4.98 Å². The predicted octanol–water partition coefficient (Wildman–Crippen LogP) is 3.67. The molecule has 0 unspecified atom stereocenters. The van der Waals surface area contributed by atoms with Crippen molar-refractivity contribution < 1.29 is 9.90 Å². The lowest BCUT2D eigenvalue weighted by molar-refractivity contribution is 0.0374. The van der Waals surface area contributed by atoms with E-state index in [1.807, 2.05) is 59.8 Å². The van der Waals surface area contributed by atoms with E-state index >= 15 is 0 Å². The minimum absolute atomic E-state index is 0.00422. The van der Waals surface area contributed by atoms with E-state index in [1.54, 1.807) is 6.20 Å². The molecule has 1 saturated carbocycles. The summed E-state index contributed by atoms with van der Waals surface area (Å²) in [7, 11) is 0. The summed E-state index contributed by atoms with van der Waals surface area (Å²) < 4.78 is 2.12. The first-order valence-corrected chi connectivity index (χ1v) is 10.9. The third kappa shape index (κ3) is 3.10. The highest BCUT2D eigenvalue weighted by Crippen LogP contribution is 2.42. The van der Waals surface area contributed by atoms with Crippen molar-refractivity contribution in [2.45, 2.75) is 25.0 Å². The second kappa shape index (κ2) is 7.17. The van der Waals surface area contributed by atoms with Crippen LogP contribution in [0.2, 0.25) is 0 Å². The predicted molar refractivity (Wildman–Crippen MR) is 119 cm³/mol. The largest absolute Gasteiger partial charge is 0.391 e. The van der Waals surface area contributed by atoms with Gasteiger partial charge >= 0.3 is 0 Å². The van der Waals surface area contributed by atoms with Crippen LogP contribution in [0.3, 0.4) is 0 Å². The Morgan fingerprint density at radius 3 is 2.68 bits per heavy atom. The third-order valence-corrected chi connectivity index (χ3v) is 7.08. The average molecular weight is 412 g/mol. The van der Waals surface area contributed by atoms with Crippen molar-refractivity contribution in [2.75, 3.05) is 13.1 Å². The van der Waals surface area contributed by atoms with Crippen LogP contribution in [0.5, 0.6) is 0 Å². The fraction of sp³-hybridized carbons (Fsp3) is 0.320. The topological polar surface area (TPSA) is 71.2 Å². The number of likely N-dealkylation sites (tertiary alicyclic amines) is 1. The van der Waals surface area contributed by atoms with Crippen molar-refractivity contribution in [1.82, 2.24) is 19.4 Å². The SMILES string of the molecule is O=C(c1ccc2ncccc2c1)N1C[C@H]2C[C@@H](n3cnc4ccccc43)[C@H](O)C[C@H]2C1. The van der Waals surface area contributed by atoms with Crippen molar-refractivity contribution in [3.05, 3.63) is 72.7 Å². The highest BCUT2D eigenvalue weighted by Gasteiger charge is 2.43. The molecule has 1 amide bonds. The maximum atomic E-state index is 13.2. The van der Waals surface area contributed by atoms with Gasteiger partial charge in [0.15, 0.2) is 0 Å². The van der Waals surface area contributed by atoms with Crippen LogP contribution in [0, 0.1) is 11.8 Å². The molecule has 4 atom stereocenters. The molecule has 0 radical (unpaired) electrons. The van der Waals surface area contributed by atoms with E-state index < -0.39 is 6.10 Å². The smallest absolute Gasteiger partial charge is 0.253 e. The van der Waals surface area contributed by atoms with Crippen molar-refractivity contribution in [2.24, 2.45) is 11.8 Å². The number of carbonyl (C=O) groups is 1. The van der Waals surface area contributed by atoms with Crippen LogP contribution < -0.4 is 0 Å². The van der Waals surface area contributed by atoms with Crippen molar-refractivity contribution in [1.29, 1.82) is 0 Å². The molecule has 3 heterocycles. The summed E-state index contributed by atoms with van der Waals surface area (Å²) in [6.45, 7) is 1.45. The fourth-order valence-electron chi connectivity index (χ4n) is 5.51. The Balaban J connectivity index is 1.23. The summed E-state index contributed by atoms with van der Waals surface area (Å²) in [4.78, 5) is 24.0. The van der Waals surface area contributed by atoms with E-state index in [4.69, 9.17) is 0 Å². The molecular formula is C25H24N4O2. The van der Waals surface area contributed by atoms with Crippen LogP contribution in [0.4, 0.5) is 0 Å². The number of aliphatic hydroxyl groups is 1. The van der Waals surface area contributed by atoms with Gasteiger partial charge in [-0.05, 0) is 61.1 Å². The normalized spacial score (nSPS) is 25.8. The van der Waals surface area contributed by atoms with E-state index in [-0.39, 0.29) is 11.9 Å². The lowest BCUT2D eigenvalue weighted by Gasteiger charge is -2.36. The first-order valence-electron chi connectivity index (χ1n) is 10.9. The minimum Gasteiger partial charge on any atom is -0.391 e. The van der Waals surface area contributed by atoms with Crippen molar-refractivity contribution in [3.8, 4) is 0 Å². The van der Waals surface area contributed by atoms with Gasteiger partial charge in [-0.3, -0.25) is 9.78 Å². The number of pyridine rings is 1. The zero-order valence-electron chi connectivity index (χ0n) is 17.1. The Hall–Kier alpha value is -3.25. The molecule has 0 spiro atoms. The number of amides is 1. The molecule has 2 aromatic heterocycles. The first-order chi connectivity index (χ1) is 15.2. The second-order valence-electron chi connectivity index (χ2n) is 8.89. The van der Waals surface area contributed by atoms with Crippen molar-refractivity contribution >= 4 is 27.8 Å². The van der Waals surface area contributed by atoms with Crippen LogP contribution >= 0.6 is 0 Å². The monoisotopic (exact) mass is 412 g/mol. The summed E-state index contributed by atoms with van der Waals surface area (Å²) in [6, 6.07) is 17.6. The summed E-state index contributed by atoms with van der Waals surface area (Å²) in [5.41, 5.74) is 3.61. The molecule has 1 N–H and O–H groups in total. The van der Waals surface area contributed by atoms with E-state index in [2.05, 4.69) is 20.6 Å². The molecule has 1 aliphatic heterocycles. The quantitative estimate of drug-likeness (QED) is 0.545. The van der Waals surface area contributed by atoms with Gasteiger partial charge in [0.25, 0.3) is 5.91 Å². The molecule has 1 aliphatic carbocycles. The van der Waals surface area contributed by atoms with Gasteiger partial charge in [-0.2, -0.15) is 0 Å². The zero-order chi connectivity index (χ0) is 20.9. The Morgan fingerprint density at radius 1 is 0.935 bits per heavy atom. The number of fused-ring (bicyclic) bond motifs is 3. The summed E-state index contributed by atoms with van der Waals surface area (Å²) >= 11 is 0. The molecule has 2 aliphatic rings. The number of imidazole rings is 1. The highest BCUT2D eigenvalue weighted by molar-refractivity contribution is 5.98. The van der Waals surface area contributed by atoms with Crippen LogP contribution in [0.15, 0.2) is 67.1 Å². The Bertz CT molecular complexity index is 1280. The number of carbonyl (C=O) groups excluding carboxylic acids is 1. The molecule has 2 aromatic carbocycles. The third-order valence-electron chi connectivity index (χ3n) is 7.08. The Kier molecular flexibility index (Phi) is 4.28. The molecule has 4 aromatic rings. The maximum Gasteiger partial charge on any atom is 0.253 e. The zero-order valence-corrected chi connectivity index (χ0v) is 17.1. The molecule has 0 bridgehead atoms. The molecule has 1 saturated heterocycles. The lowest BCUT2D eigenvalue weighted by Crippen LogP contribution is -2.36. The number of nitrogens with zero attached hydrogens (tertiary/aromatic N) is 4. The standard InChI is InChI=1S/C25H24N4O2/c30-24-12-19-14-28(25(31)17-7-8-20-16(10-17)4-3-9-26-20)13-18(19)11-23(24)29-15-27-21-5-1-2-6-22(21)29/h1-10,15,18-19,23-24,30H,11-14H2/t18-,19+,23-,24-/m1/s1. The average Bonchev–Trinajstić information content (AvgIpc) is 3.41. The highest BCUT2D eigenvalue weighted by atomic mass is 16.3. The summed E-state index contributed by atoms with van der Waals surface area (Å²) in [5, 5.41) is 11.9. The van der Waals surface area contributed by atoms with Crippen molar-refractivity contribution in [3.63, 3.8) is 0 Å². The first kappa shape index (κ1) is 18.5. The van der Waals surface area contributed by atoms with Crippen LogP contribution in [0.25, 0.3) is 21.9 Å². The number of benzene rings is 2. The number of hydrogen-bond acceptors (Lipinski definition) is 4. The molecule has 2 fully saturated rings. The van der Waals surface area contributed by atoms with Gasteiger partial charge in [-0.15, -0.1) is 0 Å². The summed E-state index contributed by atoms with van der Waals surface area (Å²) in [6.07, 6.45) is 4.76. The fourth-order valence-corrected chi connectivity index (χ4v) is 5.51. The van der Waals surface area contributed by atoms with E-state index in [9.17, 15) is 9.90 Å². The van der Waals surface area contributed by atoms with E-state index in [0.29, 0.717) is 30.4 Å². The van der Waals surface area contributed by atoms with Crippen LogP contribution in [-0.4, -0.2) is 49.6 Å². The number of aromatic nitrogens is 3. The molecular weight excluding hydrogens is 388 g/mol. The minimum atomic E-state index is -0.430. The second-order valence-corrected chi connectivity index (χ2v) is 8.89. The maximum absolute atomic E-state index is 13.2. The van der Waals surface area contributed by atoms with E-state index in [0.717, 1.165) is 34.9 Å². The van der Waals surface area contributed by atoms with E-state index in [1.165, 1.54) is 0 Å². The van der Waals surface area contributed by atoms with Gasteiger partial charge in [-0.1, -0.05) is 18.2 Å². The number of hydrogen-bond donors (Lipinski definition) is 1. The van der Waals surface area contributed by atoms with Gasteiger partial charge < -0.3 is 14.6 Å². The molecule has 6 rings (SSSR count). The number of rotatable bonds is 2. The van der Waals surface area contributed by atoms with Crippen LogP contribution in [0.1, 0.15) is 29.2 Å².